The topological polar surface area (TPSA) is 58.0 Å². The number of halogens is 1. The average molecular weight is 230 g/mol. The first kappa shape index (κ1) is 12.2. The van der Waals surface area contributed by atoms with Crippen LogP contribution in [0.15, 0.2) is 6.07 Å². The lowest BCUT2D eigenvalue weighted by atomic mass is 10.3. The molecular weight excluding hydrogens is 214 g/mol. The molecule has 1 aromatic heterocycles. The highest BCUT2D eigenvalue weighted by molar-refractivity contribution is 6.29. The summed E-state index contributed by atoms with van der Waals surface area (Å²) >= 11 is 5.82. The Morgan fingerprint density at radius 1 is 1.47 bits per heavy atom. The normalized spacial score (nSPS) is 12.5. The first-order valence-electron chi connectivity index (χ1n) is 5.11. The zero-order valence-electron chi connectivity index (χ0n) is 9.00. The predicted octanol–water partition coefficient (Wildman–Crippen LogP) is 1.88. The summed E-state index contributed by atoms with van der Waals surface area (Å²) < 4.78 is 0. The lowest BCUT2D eigenvalue weighted by Crippen LogP contribution is -2.19. The van der Waals surface area contributed by atoms with Crippen LogP contribution in [0.1, 0.15) is 26.1 Å². The van der Waals surface area contributed by atoms with Crippen LogP contribution in [0, 0.1) is 0 Å². The number of rotatable bonds is 5. The van der Waals surface area contributed by atoms with Gasteiger partial charge in [-0.1, -0.05) is 25.4 Å². The summed E-state index contributed by atoms with van der Waals surface area (Å²) in [6.07, 6.45) is 1.10. The van der Waals surface area contributed by atoms with Crippen LogP contribution in [0.2, 0.25) is 5.15 Å². The zero-order chi connectivity index (χ0) is 11.3. The SMILES string of the molecule is CCc1nc(Cl)cc(NCC(O)CC)n1. The lowest BCUT2D eigenvalue weighted by molar-refractivity contribution is 0.183. The molecule has 84 valence electrons. The predicted molar refractivity (Wildman–Crippen MR) is 61.2 cm³/mol. The number of nitrogens with one attached hydrogen (secondary N) is 1. The van der Waals surface area contributed by atoms with E-state index in [1.807, 2.05) is 13.8 Å². The Bertz CT molecular complexity index is 320. The number of aliphatic hydroxyl groups excluding tert-OH is 1. The number of aryl methyl sites for hydroxylation is 1. The quantitative estimate of drug-likeness (QED) is 0.757. The van der Waals surface area contributed by atoms with Gasteiger partial charge in [-0.15, -0.1) is 0 Å². The average Bonchev–Trinajstić information content (AvgIpc) is 2.25. The molecule has 15 heavy (non-hydrogen) atoms. The van der Waals surface area contributed by atoms with E-state index in [1.165, 1.54) is 0 Å². The molecule has 0 saturated carbocycles. The van der Waals surface area contributed by atoms with Crippen molar-refractivity contribution in [1.82, 2.24) is 9.97 Å². The van der Waals surface area contributed by atoms with Crippen molar-refractivity contribution in [2.45, 2.75) is 32.8 Å². The Hall–Kier alpha value is -0.870. The third kappa shape index (κ3) is 4.01. The lowest BCUT2D eigenvalue weighted by Gasteiger charge is -2.10. The standard InChI is InChI=1S/C10H16ClN3O/c1-3-7(15)6-12-10-5-8(11)13-9(4-2)14-10/h5,7,15H,3-4,6H2,1-2H3,(H,12,13,14). The van der Waals surface area contributed by atoms with Crippen molar-refractivity contribution < 1.29 is 5.11 Å². The molecule has 5 heteroatoms. The van der Waals surface area contributed by atoms with Crippen LogP contribution in [0.3, 0.4) is 0 Å². The Morgan fingerprint density at radius 3 is 2.80 bits per heavy atom. The maximum Gasteiger partial charge on any atom is 0.134 e. The minimum absolute atomic E-state index is 0.358. The highest BCUT2D eigenvalue weighted by Crippen LogP contribution is 2.11. The van der Waals surface area contributed by atoms with Crippen molar-refractivity contribution in [2.75, 3.05) is 11.9 Å². The van der Waals surface area contributed by atoms with Crippen molar-refractivity contribution in [3.05, 3.63) is 17.0 Å². The van der Waals surface area contributed by atoms with E-state index in [2.05, 4.69) is 15.3 Å². The van der Waals surface area contributed by atoms with E-state index in [0.717, 1.165) is 6.42 Å². The molecule has 2 N–H and O–H groups in total. The van der Waals surface area contributed by atoms with E-state index < -0.39 is 0 Å². The second-order valence-electron chi connectivity index (χ2n) is 3.29. The van der Waals surface area contributed by atoms with Crippen LogP contribution in [0.25, 0.3) is 0 Å². The van der Waals surface area contributed by atoms with Gasteiger partial charge in [0, 0.05) is 19.0 Å². The largest absolute Gasteiger partial charge is 0.391 e. The van der Waals surface area contributed by atoms with Gasteiger partial charge in [0.2, 0.25) is 0 Å². The monoisotopic (exact) mass is 229 g/mol. The fraction of sp³-hybridized carbons (Fsp3) is 0.600. The maximum absolute atomic E-state index is 9.38. The van der Waals surface area contributed by atoms with Gasteiger partial charge < -0.3 is 10.4 Å². The molecule has 0 spiro atoms. The van der Waals surface area contributed by atoms with Crippen LogP contribution >= 0.6 is 11.6 Å². The summed E-state index contributed by atoms with van der Waals surface area (Å²) in [5.74, 6) is 1.37. The Kier molecular flexibility index (Phi) is 4.78. The van der Waals surface area contributed by atoms with E-state index in [-0.39, 0.29) is 6.10 Å². The number of aromatic nitrogens is 2. The van der Waals surface area contributed by atoms with Crippen LogP contribution in [0.4, 0.5) is 5.82 Å². The zero-order valence-corrected chi connectivity index (χ0v) is 9.75. The second-order valence-corrected chi connectivity index (χ2v) is 3.68. The van der Waals surface area contributed by atoms with E-state index in [0.29, 0.717) is 29.8 Å². The number of nitrogens with zero attached hydrogens (tertiary/aromatic N) is 2. The van der Waals surface area contributed by atoms with Crippen molar-refractivity contribution in [2.24, 2.45) is 0 Å². The first-order valence-corrected chi connectivity index (χ1v) is 5.48. The van der Waals surface area contributed by atoms with Crippen molar-refractivity contribution in [3.63, 3.8) is 0 Å². The van der Waals surface area contributed by atoms with Gasteiger partial charge in [0.1, 0.15) is 16.8 Å². The molecule has 1 rings (SSSR count). The van der Waals surface area contributed by atoms with Crippen LogP contribution in [-0.2, 0) is 6.42 Å². The molecule has 1 heterocycles. The summed E-state index contributed by atoms with van der Waals surface area (Å²) in [5, 5.41) is 12.8. The molecule has 0 amide bonds. The van der Waals surface area contributed by atoms with Crippen molar-refractivity contribution in [3.8, 4) is 0 Å². The molecule has 0 saturated heterocycles. The van der Waals surface area contributed by atoms with Crippen molar-refractivity contribution in [1.29, 1.82) is 0 Å². The molecule has 1 atom stereocenters. The molecule has 0 aromatic carbocycles. The van der Waals surface area contributed by atoms with Crippen LogP contribution < -0.4 is 5.32 Å². The van der Waals surface area contributed by atoms with E-state index in [9.17, 15) is 5.11 Å². The van der Waals surface area contributed by atoms with E-state index in [1.54, 1.807) is 6.07 Å². The molecule has 0 radical (unpaired) electrons. The minimum atomic E-state index is -0.358. The molecular formula is C10H16ClN3O. The fourth-order valence-corrected chi connectivity index (χ4v) is 1.28. The summed E-state index contributed by atoms with van der Waals surface area (Å²) in [5.41, 5.74) is 0. The number of hydrogen-bond acceptors (Lipinski definition) is 4. The van der Waals surface area contributed by atoms with E-state index in [4.69, 9.17) is 11.6 Å². The molecule has 0 bridgehead atoms. The van der Waals surface area contributed by atoms with Gasteiger partial charge in [0.15, 0.2) is 0 Å². The third-order valence-electron chi connectivity index (χ3n) is 2.05. The van der Waals surface area contributed by atoms with Crippen LogP contribution in [0.5, 0.6) is 0 Å². The van der Waals surface area contributed by atoms with Gasteiger partial charge in [0.05, 0.1) is 6.10 Å². The van der Waals surface area contributed by atoms with Gasteiger partial charge in [0.25, 0.3) is 0 Å². The number of aliphatic hydroxyl groups is 1. The molecule has 1 aromatic rings. The summed E-state index contributed by atoms with van der Waals surface area (Å²) in [4.78, 5) is 8.29. The van der Waals surface area contributed by atoms with Gasteiger partial charge in [-0.05, 0) is 6.42 Å². The molecule has 1 unspecified atom stereocenters. The van der Waals surface area contributed by atoms with Crippen LogP contribution in [-0.4, -0.2) is 27.7 Å². The molecule has 0 aliphatic carbocycles. The molecule has 4 nitrogen and oxygen atoms in total. The van der Waals surface area contributed by atoms with Gasteiger partial charge in [-0.2, -0.15) is 0 Å². The minimum Gasteiger partial charge on any atom is -0.391 e. The first-order chi connectivity index (χ1) is 7.15. The van der Waals surface area contributed by atoms with Gasteiger partial charge in [-0.25, -0.2) is 9.97 Å². The molecule has 0 fully saturated rings. The second kappa shape index (κ2) is 5.88. The number of anilines is 1. The Labute approximate surface area is 94.7 Å². The van der Waals surface area contributed by atoms with Gasteiger partial charge >= 0.3 is 0 Å². The van der Waals surface area contributed by atoms with E-state index >= 15 is 0 Å². The maximum atomic E-state index is 9.38. The summed E-state index contributed by atoms with van der Waals surface area (Å²) in [6, 6.07) is 1.66. The summed E-state index contributed by atoms with van der Waals surface area (Å²) in [6.45, 7) is 4.38. The van der Waals surface area contributed by atoms with Gasteiger partial charge in [-0.3, -0.25) is 0 Å². The Morgan fingerprint density at radius 2 is 2.20 bits per heavy atom. The molecule has 0 aliphatic heterocycles. The third-order valence-corrected chi connectivity index (χ3v) is 2.24. The smallest absolute Gasteiger partial charge is 0.134 e. The summed E-state index contributed by atoms with van der Waals surface area (Å²) in [7, 11) is 0. The highest BCUT2D eigenvalue weighted by atomic mass is 35.5. The Balaban J connectivity index is 2.64. The highest BCUT2D eigenvalue weighted by Gasteiger charge is 2.04. The molecule has 0 aliphatic rings. The fourth-order valence-electron chi connectivity index (χ4n) is 1.08. The number of hydrogen-bond donors (Lipinski definition) is 2. The van der Waals surface area contributed by atoms with Crippen molar-refractivity contribution >= 4 is 17.4 Å².